The summed E-state index contributed by atoms with van der Waals surface area (Å²) in [4.78, 5) is 13.4. The normalized spacial score (nSPS) is 14.8. The molecule has 8 nitrogen and oxygen atoms in total. The Morgan fingerprint density at radius 1 is 1.00 bits per heavy atom. The highest BCUT2D eigenvalue weighted by Crippen LogP contribution is 2.38. The summed E-state index contributed by atoms with van der Waals surface area (Å²) in [5, 5.41) is 9.55. The molecule has 0 saturated heterocycles. The second-order valence-corrected chi connectivity index (χ2v) is 8.82. The van der Waals surface area contributed by atoms with Crippen molar-refractivity contribution in [2.24, 2.45) is 0 Å². The number of methoxy groups -OCH3 is 1. The average Bonchev–Trinajstić information content (AvgIpc) is 3.16. The molecule has 0 spiro atoms. The molecular weight excluding hydrogens is 471 g/mol. The van der Waals surface area contributed by atoms with E-state index in [2.05, 4.69) is 42.4 Å². The lowest BCUT2D eigenvalue weighted by Gasteiger charge is -2.18. The van der Waals surface area contributed by atoms with Crippen LogP contribution < -0.4 is 20.7 Å². The lowest BCUT2D eigenvalue weighted by Crippen LogP contribution is -2.21. The number of hydrogen-bond donors (Lipinski definition) is 3. The Balaban J connectivity index is 1.60. The Morgan fingerprint density at radius 2 is 1.72 bits per heavy atom. The standard InChI is InChI=1S/C25H32F3N7O/c1-3-35-14-8-11-19(35)16-29-22-32-23(30-17-9-6-4-5-7-10-17)34-24(33-22)31-18-12-13-21(36-2)20(15-18)25(26,27)28/h8,11-15,17H,3-7,9-10,16H2,1-2H3,(H3,29,30,31,32,33,34). The first-order chi connectivity index (χ1) is 17.4. The number of anilines is 4. The van der Waals surface area contributed by atoms with Crippen LogP contribution in [0.3, 0.4) is 0 Å². The molecule has 1 aromatic carbocycles. The Hall–Kier alpha value is -3.50. The van der Waals surface area contributed by atoms with Crippen molar-refractivity contribution in [1.29, 1.82) is 0 Å². The third-order valence-electron chi connectivity index (χ3n) is 6.28. The summed E-state index contributed by atoms with van der Waals surface area (Å²) in [5.74, 6) is 0.614. The Kier molecular flexibility index (Phi) is 8.17. The summed E-state index contributed by atoms with van der Waals surface area (Å²) in [6, 6.07) is 7.99. The number of aromatic nitrogens is 4. The highest BCUT2D eigenvalue weighted by atomic mass is 19.4. The van der Waals surface area contributed by atoms with E-state index in [9.17, 15) is 13.2 Å². The number of nitrogens with zero attached hydrogens (tertiary/aromatic N) is 4. The molecule has 0 unspecified atom stereocenters. The maximum absolute atomic E-state index is 13.5. The van der Waals surface area contributed by atoms with Gasteiger partial charge in [0.2, 0.25) is 17.8 Å². The van der Waals surface area contributed by atoms with Crippen LogP contribution in [0, 0.1) is 0 Å². The van der Waals surface area contributed by atoms with Crippen molar-refractivity contribution in [3.8, 4) is 5.75 Å². The minimum absolute atomic E-state index is 0.146. The van der Waals surface area contributed by atoms with Gasteiger partial charge in [0, 0.05) is 30.2 Å². The highest BCUT2D eigenvalue weighted by molar-refractivity contribution is 5.59. The number of ether oxygens (including phenoxy) is 1. The number of alkyl halides is 3. The second-order valence-electron chi connectivity index (χ2n) is 8.82. The fourth-order valence-electron chi connectivity index (χ4n) is 4.41. The average molecular weight is 504 g/mol. The van der Waals surface area contributed by atoms with Crippen molar-refractivity contribution in [2.45, 2.75) is 70.8 Å². The number of rotatable bonds is 9. The van der Waals surface area contributed by atoms with Gasteiger partial charge >= 0.3 is 6.18 Å². The molecule has 36 heavy (non-hydrogen) atoms. The molecule has 0 bridgehead atoms. The van der Waals surface area contributed by atoms with E-state index in [4.69, 9.17) is 4.74 Å². The van der Waals surface area contributed by atoms with Gasteiger partial charge in [-0.05, 0) is 50.1 Å². The molecule has 1 aliphatic rings. The zero-order chi connectivity index (χ0) is 25.5. The molecule has 0 atom stereocenters. The molecule has 0 radical (unpaired) electrons. The Bertz CT molecular complexity index is 1140. The van der Waals surface area contributed by atoms with Crippen LogP contribution in [0.4, 0.5) is 36.7 Å². The molecule has 4 rings (SSSR count). The topological polar surface area (TPSA) is 88.9 Å². The van der Waals surface area contributed by atoms with E-state index in [1.807, 2.05) is 18.3 Å². The van der Waals surface area contributed by atoms with Crippen LogP contribution in [0.2, 0.25) is 0 Å². The van der Waals surface area contributed by atoms with Crippen LogP contribution in [0.15, 0.2) is 36.5 Å². The van der Waals surface area contributed by atoms with Gasteiger partial charge in [-0.15, -0.1) is 0 Å². The van der Waals surface area contributed by atoms with E-state index in [1.165, 1.54) is 32.1 Å². The molecule has 3 N–H and O–H groups in total. The lowest BCUT2D eigenvalue weighted by atomic mass is 10.1. The van der Waals surface area contributed by atoms with Gasteiger partial charge in [0.25, 0.3) is 0 Å². The SMILES string of the molecule is CCn1cccc1CNc1nc(Nc2ccc(OC)c(C(F)(F)F)c2)nc(NC2CCCCCC2)n1. The summed E-state index contributed by atoms with van der Waals surface area (Å²) >= 11 is 0. The van der Waals surface area contributed by atoms with Gasteiger partial charge < -0.3 is 25.3 Å². The van der Waals surface area contributed by atoms with Gasteiger partial charge in [0.05, 0.1) is 19.2 Å². The summed E-state index contributed by atoms with van der Waals surface area (Å²) in [5.41, 5.74) is 0.385. The largest absolute Gasteiger partial charge is 0.496 e. The molecule has 11 heteroatoms. The minimum Gasteiger partial charge on any atom is -0.496 e. The van der Waals surface area contributed by atoms with Crippen LogP contribution in [0.1, 0.15) is 56.7 Å². The van der Waals surface area contributed by atoms with E-state index < -0.39 is 11.7 Å². The van der Waals surface area contributed by atoms with E-state index in [1.54, 1.807) is 0 Å². The summed E-state index contributed by atoms with van der Waals surface area (Å²) in [6.07, 6.45) is 4.19. The highest BCUT2D eigenvalue weighted by Gasteiger charge is 2.34. The number of aryl methyl sites for hydroxylation is 1. The molecule has 3 aromatic rings. The van der Waals surface area contributed by atoms with E-state index >= 15 is 0 Å². The van der Waals surface area contributed by atoms with Gasteiger partial charge in [-0.3, -0.25) is 0 Å². The maximum atomic E-state index is 13.5. The fourth-order valence-corrected chi connectivity index (χ4v) is 4.41. The molecule has 2 aromatic heterocycles. The van der Waals surface area contributed by atoms with Crippen molar-refractivity contribution >= 4 is 23.5 Å². The molecule has 194 valence electrons. The van der Waals surface area contributed by atoms with Crippen molar-refractivity contribution in [1.82, 2.24) is 19.5 Å². The summed E-state index contributed by atoms with van der Waals surface area (Å²) < 4.78 is 47.5. The quantitative estimate of drug-likeness (QED) is 0.299. The van der Waals surface area contributed by atoms with E-state index in [0.29, 0.717) is 18.4 Å². The van der Waals surface area contributed by atoms with Crippen molar-refractivity contribution in [2.75, 3.05) is 23.1 Å². The molecule has 1 saturated carbocycles. The first kappa shape index (κ1) is 25.6. The number of halogens is 3. The van der Waals surface area contributed by atoms with Crippen LogP contribution in [-0.2, 0) is 19.3 Å². The lowest BCUT2D eigenvalue weighted by molar-refractivity contribution is -0.138. The van der Waals surface area contributed by atoms with Crippen LogP contribution in [-0.4, -0.2) is 32.7 Å². The monoisotopic (exact) mass is 503 g/mol. The zero-order valence-electron chi connectivity index (χ0n) is 20.5. The molecule has 0 amide bonds. The predicted octanol–water partition coefficient (Wildman–Crippen LogP) is 6.21. The molecule has 0 aliphatic heterocycles. The first-order valence-corrected chi connectivity index (χ1v) is 12.3. The Labute approximate surface area is 208 Å². The molecule has 2 heterocycles. The van der Waals surface area contributed by atoms with Crippen molar-refractivity contribution in [3.63, 3.8) is 0 Å². The predicted molar refractivity (Wildman–Crippen MR) is 134 cm³/mol. The Morgan fingerprint density at radius 3 is 2.42 bits per heavy atom. The third kappa shape index (κ3) is 6.58. The molecule has 1 fully saturated rings. The van der Waals surface area contributed by atoms with Crippen LogP contribution >= 0.6 is 0 Å². The van der Waals surface area contributed by atoms with Crippen LogP contribution in [0.5, 0.6) is 5.75 Å². The fraction of sp³-hybridized carbons (Fsp3) is 0.480. The number of nitrogens with one attached hydrogen (secondary N) is 3. The summed E-state index contributed by atoms with van der Waals surface area (Å²) in [7, 11) is 1.21. The summed E-state index contributed by atoms with van der Waals surface area (Å²) in [6.45, 7) is 3.39. The third-order valence-corrected chi connectivity index (χ3v) is 6.28. The molecular formula is C25H32F3N7O. The maximum Gasteiger partial charge on any atom is 0.420 e. The smallest absolute Gasteiger partial charge is 0.420 e. The molecule has 1 aliphatic carbocycles. The van der Waals surface area contributed by atoms with E-state index in [0.717, 1.165) is 44.0 Å². The van der Waals surface area contributed by atoms with Gasteiger partial charge in [-0.1, -0.05) is 25.7 Å². The van der Waals surface area contributed by atoms with Gasteiger partial charge in [-0.25, -0.2) is 0 Å². The first-order valence-electron chi connectivity index (χ1n) is 12.3. The van der Waals surface area contributed by atoms with Gasteiger partial charge in [0.1, 0.15) is 5.75 Å². The zero-order valence-corrected chi connectivity index (χ0v) is 20.5. The van der Waals surface area contributed by atoms with E-state index in [-0.39, 0.29) is 23.4 Å². The van der Waals surface area contributed by atoms with Crippen LogP contribution in [0.25, 0.3) is 0 Å². The second kappa shape index (κ2) is 11.5. The van der Waals surface area contributed by atoms with Crippen molar-refractivity contribution in [3.05, 3.63) is 47.8 Å². The number of benzene rings is 1. The number of hydrogen-bond acceptors (Lipinski definition) is 7. The minimum atomic E-state index is -4.56. The van der Waals surface area contributed by atoms with Gasteiger partial charge in [0.15, 0.2) is 0 Å². The van der Waals surface area contributed by atoms with Gasteiger partial charge in [-0.2, -0.15) is 28.1 Å². The van der Waals surface area contributed by atoms with Crippen molar-refractivity contribution < 1.29 is 17.9 Å².